The van der Waals surface area contributed by atoms with E-state index in [2.05, 4.69) is 11.8 Å². The quantitative estimate of drug-likeness (QED) is 0.473. The molecule has 0 saturated carbocycles. The number of hydrogen-bond donors (Lipinski definition) is 0. The zero-order valence-corrected chi connectivity index (χ0v) is 10.5. The lowest BCUT2D eigenvalue weighted by Gasteiger charge is -1.99. The molecular weight excluding hydrogens is 236 g/mol. The van der Waals surface area contributed by atoms with Gasteiger partial charge in [-0.3, -0.25) is 4.79 Å². The Morgan fingerprint density at radius 3 is 2.53 bits per heavy atom. The van der Waals surface area contributed by atoms with E-state index < -0.39 is 0 Å². The molecule has 0 fully saturated rings. The van der Waals surface area contributed by atoms with Crippen molar-refractivity contribution in [3.63, 3.8) is 0 Å². The van der Waals surface area contributed by atoms with Crippen LogP contribution in [0, 0.1) is 11.8 Å². The van der Waals surface area contributed by atoms with E-state index in [1.807, 2.05) is 48.5 Å². The Balaban J connectivity index is 1.86. The van der Waals surface area contributed by atoms with E-state index in [1.165, 1.54) is 0 Å². The molecule has 0 atom stereocenters. The summed E-state index contributed by atoms with van der Waals surface area (Å²) >= 11 is 0. The molecule has 0 aliphatic rings. The number of benzene rings is 2. The molecule has 0 N–H and O–H groups in total. The smallest absolute Gasteiger partial charge is 0.151 e. The van der Waals surface area contributed by atoms with Crippen molar-refractivity contribution in [1.29, 1.82) is 0 Å². The van der Waals surface area contributed by atoms with E-state index in [0.29, 0.717) is 18.8 Å². The highest BCUT2D eigenvalue weighted by molar-refractivity contribution is 5.79. The zero-order chi connectivity index (χ0) is 13.3. The van der Waals surface area contributed by atoms with Gasteiger partial charge in [0, 0.05) is 11.1 Å². The van der Waals surface area contributed by atoms with Crippen LogP contribution >= 0.6 is 0 Å². The van der Waals surface area contributed by atoms with Crippen LogP contribution in [-0.2, 0) is 11.3 Å². The molecule has 0 aliphatic carbocycles. The average molecular weight is 250 g/mol. The van der Waals surface area contributed by atoms with Crippen LogP contribution in [-0.4, -0.2) is 12.9 Å². The SMILES string of the molecule is O=Cc1ccccc1C#CCOCc1ccccc1. The van der Waals surface area contributed by atoms with Crippen molar-refractivity contribution in [2.75, 3.05) is 6.61 Å². The molecule has 0 amide bonds. The molecular formula is C17H14O2. The molecule has 2 aromatic rings. The van der Waals surface area contributed by atoms with E-state index in [-0.39, 0.29) is 0 Å². The Bertz CT molecular complexity index is 591. The van der Waals surface area contributed by atoms with Gasteiger partial charge in [0.2, 0.25) is 0 Å². The molecule has 0 unspecified atom stereocenters. The summed E-state index contributed by atoms with van der Waals surface area (Å²) in [5.41, 5.74) is 2.47. The number of hydrogen-bond acceptors (Lipinski definition) is 2. The van der Waals surface area contributed by atoms with Crippen molar-refractivity contribution < 1.29 is 9.53 Å². The lowest BCUT2D eigenvalue weighted by Crippen LogP contribution is -1.93. The highest BCUT2D eigenvalue weighted by Crippen LogP contribution is 2.04. The molecule has 0 saturated heterocycles. The zero-order valence-electron chi connectivity index (χ0n) is 10.5. The molecule has 0 spiro atoms. The first-order valence-electron chi connectivity index (χ1n) is 6.05. The van der Waals surface area contributed by atoms with Crippen LogP contribution in [0.25, 0.3) is 0 Å². The van der Waals surface area contributed by atoms with Gasteiger partial charge in [-0.2, -0.15) is 0 Å². The molecule has 2 aromatic carbocycles. The number of carbonyl (C=O) groups excluding carboxylic acids is 1. The van der Waals surface area contributed by atoms with Gasteiger partial charge in [-0.15, -0.1) is 0 Å². The maximum absolute atomic E-state index is 10.8. The van der Waals surface area contributed by atoms with Crippen LogP contribution in [0.1, 0.15) is 21.5 Å². The summed E-state index contributed by atoms with van der Waals surface area (Å²) in [6.45, 7) is 0.896. The van der Waals surface area contributed by atoms with Gasteiger partial charge < -0.3 is 4.74 Å². The average Bonchev–Trinajstić information content (AvgIpc) is 2.48. The third kappa shape index (κ3) is 4.09. The first-order chi connectivity index (χ1) is 9.40. The first-order valence-corrected chi connectivity index (χ1v) is 6.05. The highest BCUT2D eigenvalue weighted by Gasteiger charge is 1.95. The summed E-state index contributed by atoms with van der Waals surface area (Å²) in [5.74, 6) is 5.86. The Hall–Kier alpha value is -2.37. The van der Waals surface area contributed by atoms with Gasteiger partial charge in [0.05, 0.1) is 6.61 Å². The maximum atomic E-state index is 10.8. The van der Waals surface area contributed by atoms with Gasteiger partial charge in [0.15, 0.2) is 6.29 Å². The Morgan fingerprint density at radius 2 is 1.74 bits per heavy atom. The fraction of sp³-hybridized carbons (Fsp3) is 0.118. The summed E-state index contributed by atoms with van der Waals surface area (Å²) < 4.78 is 5.45. The minimum atomic E-state index is 0.349. The van der Waals surface area contributed by atoms with Gasteiger partial charge in [-0.05, 0) is 11.6 Å². The van der Waals surface area contributed by atoms with Crippen molar-refractivity contribution in [2.45, 2.75) is 6.61 Å². The van der Waals surface area contributed by atoms with Crippen LogP contribution in [0.15, 0.2) is 54.6 Å². The van der Waals surface area contributed by atoms with Gasteiger partial charge >= 0.3 is 0 Å². The summed E-state index contributed by atoms with van der Waals surface area (Å²) in [6, 6.07) is 17.2. The topological polar surface area (TPSA) is 26.3 Å². The van der Waals surface area contributed by atoms with Crippen LogP contribution in [0.3, 0.4) is 0 Å². The van der Waals surface area contributed by atoms with Crippen molar-refractivity contribution in [3.8, 4) is 11.8 Å². The predicted molar refractivity (Wildman–Crippen MR) is 74.8 cm³/mol. The largest absolute Gasteiger partial charge is 0.364 e. The van der Waals surface area contributed by atoms with Crippen molar-refractivity contribution in [1.82, 2.24) is 0 Å². The Morgan fingerprint density at radius 1 is 1.00 bits per heavy atom. The number of ether oxygens (including phenoxy) is 1. The maximum Gasteiger partial charge on any atom is 0.151 e. The van der Waals surface area contributed by atoms with E-state index in [1.54, 1.807) is 6.07 Å². The predicted octanol–water partition coefficient (Wildman–Crippen LogP) is 3.07. The van der Waals surface area contributed by atoms with Crippen molar-refractivity contribution in [3.05, 3.63) is 71.3 Å². The molecule has 94 valence electrons. The standard InChI is InChI=1S/C17H14O2/c18-13-17-10-5-4-9-16(17)11-6-12-19-14-15-7-2-1-3-8-15/h1-5,7-10,13H,12,14H2. The number of carbonyl (C=O) groups is 1. The van der Waals surface area contributed by atoms with Crippen molar-refractivity contribution in [2.24, 2.45) is 0 Å². The third-order valence-corrected chi connectivity index (χ3v) is 2.60. The van der Waals surface area contributed by atoms with E-state index >= 15 is 0 Å². The monoisotopic (exact) mass is 250 g/mol. The van der Waals surface area contributed by atoms with Crippen molar-refractivity contribution >= 4 is 6.29 Å². The molecule has 2 rings (SSSR count). The summed E-state index contributed by atoms with van der Waals surface area (Å²) in [5, 5.41) is 0. The van der Waals surface area contributed by atoms with Gasteiger partial charge in [0.1, 0.15) is 6.61 Å². The second kappa shape index (κ2) is 7.15. The van der Waals surface area contributed by atoms with Gasteiger partial charge in [-0.1, -0.05) is 60.4 Å². The van der Waals surface area contributed by atoms with Crippen LogP contribution in [0.5, 0.6) is 0 Å². The second-order valence-corrected chi connectivity index (χ2v) is 3.99. The minimum absolute atomic E-state index is 0.349. The molecule has 2 nitrogen and oxygen atoms in total. The normalized spacial score (nSPS) is 9.47. The molecule has 0 aromatic heterocycles. The number of rotatable bonds is 4. The van der Waals surface area contributed by atoms with Gasteiger partial charge in [0.25, 0.3) is 0 Å². The molecule has 0 bridgehead atoms. The van der Waals surface area contributed by atoms with Crippen LogP contribution < -0.4 is 0 Å². The summed E-state index contributed by atoms with van der Waals surface area (Å²) in [6.07, 6.45) is 0.814. The van der Waals surface area contributed by atoms with E-state index in [4.69, 9.17) is 4.74 Å². The molecule has 0 radical (unpaired) electrons. The highest BCUT2D eigenvalue weighted by atomic mass is 16.5. The first kappa shape index (κ1) is 13.1. The molecule has 19 heavy (non-hydrogen) atoms. The fourth-order valence-corrected chi connectivity index (χ4v) is 1.64. The number of aldehydes is 1. The fourth-order valence-electron chi connectivity index (χ4n) is 1.64. The lowest BCUT2D eigenvalue weighted by atomic mass is 10.1. The Kier molecular flexibility index (Phi) is 4.92. The molecule has 2 heteroatoms. The van der Waals surface area contributed by atoms with Crippen LogP contribution in [0.2, 0.25) is 0 Å². The second-order valence-electron chi connectivity index (χ2n) is 3.99. The van der Waals surface area contributed by atoms with Crippen LogP contribution in [0.4, 0.5) is 0 Å². The van der Waals surface area contributed by atoms with Gasteiger partial charge in [-0.25, -0.2) is 0 Å². The lowest BCUT2D eigenvalue weighted by molar-refractivity contribution is 0.112. The van der Waals surface area contributed by atoms with E-state index in [9.17, 15) is 4.79 Å². The summed E-state index contributed by atoms with van der Waals surface area (Å²) in [4.78, 5) is 10.8. The van der Waals surface area contributed by atoms with E-state index in [0.717, 1.165) is 17.4 Å². The summed E-state index contributed by atoms with van der Waals surface area (Å²) in [7, 11) is 0. The third-order valence-electron chi connectivity index (χ3n) is 2.60. The minimum Gasteiger partial charge on any atom is -0.364 e. The molecule has 0 aliphatic heterocycles. The molecule has 0 heterocycles. The Labute approximate surface area is 113 Å².